The Hall–Kier alpha value is -0.100. The van der Waals surface area contributed by atoms with Crippen LogP contribution in [0.15, 0.2) is 48.5 Å². The zero-order valence-corrected chi connectivity index (χ0v) is 18.1. The summed E-state index contributed by atoms with van der Waals surface area (Å²) in [5.41, 5.74) is 4.12. The lowest BCUT2D eigenvalue weighted by molar-refractivity contribution is -0.0281. The Morgan fingerprint density at radius 3 is 1.38 bits per heavy atom. The van der Waals surface area contributed by atoms with Gasteiger partial charge in [-0.1, -0.05) is 24.3 Å². The molecule has 24 heavy (non-hydrogen) atoms. The summed E-state index contributed by atoms with van der Waals surface area (Å²) in [6.07, 6.45) is 8.56. The molecule has 0 unspecified atom stereocenters. The van der Waals surface area contributed by atoms with E-state index < -0.39 is 0 Å². The third-order valence-corrected chi connectivity index (χ3v) is 8.41. The average molecular weight is 540 g/mol. The maximum Gasteiger partial charge on any atom is 0.0130 e. The van der Waals surface area contributed by atoms with Crippen molar-refractivity contribution < 1.29 is 0 Å². The van der Waals surface area contributed by atoms with Gasteiger partial charge in [0.15, 0.2) is 0 Å². The van der Waals surface area contributed by atoms with Crippen LogP contribution in [-0.4, -0.2) is 0 Å². The molecule has 6 rings (SSSR count). The minimum atomic E-state index is 0.442. The van der Waals surface area contributed by atoms with Crippen LogP contribution >= 0.6 is 45.2 Å². The van der Waals surface area contributed by atoms with E-state index in [0.717, 1.165) is 11.8 Å². The number of benzene rings is 2. The summed E-state index contributed by atoms with van der Waals surface area (Å²) in [6.45, 7) is 0. The van der Waals surface area contributed by atoms with E-state index in [-0.39, 0.29) is 0 Å². The molecule has 124 valence electrons. The molecule has 4 aliphatic rings. The van der Waals surface area contributed by atoms with Crippen LogP contribution in [0.4, 0.5) is 0 Å². The fourth-order valence-electron chi connectivity index (χ4n) is 6.54. The van der Waals surface area contributed by atoms with Gasteiger partial charge in [-0.25, -0.2) is 0 Å². The van der Waals surface area contributed by atoms with Crippen LogP contribution in [0.5, 0.6) is 0 Å². The summed E-state index contributed by atoms with van der Waals surface area (Å²) in [5.74, 6) is 1.87. The summed E-state index contributed by atoms with van der Waals surface area (Å²) in [6, 6.07) is 19.0. The molecule has 0 radical (unpaired) electrons. The molecular formula is C22H22I2. The van der Waals surface area contributed by atoms with Gasteiger partial charge in [0.2, 0.25) is 0 Å². The van der Waals surface area contributed by atoms with Crippen molar-refractivity contribution in [3.63, 3.8) is 0 Å². The Bertz CT molecular complexity index is 682. The Labute approximate surface area is 172 Å². The average Bonchev–Trinajstić information content (AvgIpc) is 2.54. The summed E-state index contributed by atoms with van der Waals surface area (Å²) < 4.78 is 2.71. The highest BCUT2D eigenvalue weighted by atomic mass is 127. The van der Waals surface area contributed by atoms with Gasteiger partial charge in [0.25, 0.3) is 0 Å². The van der Waals surface area contributed by atoms with Crippen molar-refractivity contribution in [2.24, 2.45) is 11.8 Å². The standard InChI is InChI=1S/C22H22I2/c23-19-5-1-17(2-6-19)21-10-15-9-16(11-21)13-22(12-15,14-21)18-3-7-20(24)8-4-18/h1-8,15-16H,9-14H2. The maximum absolute atomic E-state index is 2.43. The van der Waals surface area contributed by atoms with Crippen molar-refractivity contribution in [2.75, 3.05) is 0 Å². The molecule has 2 aromatic carbocycles. The smallest absolute Gasteiger partial charge is 0.0130 e. The summed E-state index contributed by atoms with van der Waals surface area (Å²) in [5, 5.41) is 0. The topological polar surface area (TPSA) is 0 Å². The molecule has 0 spiro atoms. The lowest BCUT2D eigenvalue weighted by Crippen LogP contribution is -2.55. The quantitative estimate of drug-likeness (QED) is 0.373. The van der Waals surface area contributed by atoms with Gasteiger partial charge in [-0.3, -0.25) is 0 Å². The van der Waals surface area contributed by atoms with Crippen LogP contribution in [0.3, 0.4) is 0 Å². The molecule has 0 nitrogen and oxygen atoms in total. The van der Waals surface area contributed by atoms with Crippen LogP contribution in [0, 0.1) is 19.0 Å². The molecule has 4 bridgehead atoms. The predicted molar refractivity (Wildman–Crippen MR) is 116 cm³/mol. The third kappa shape index (κ3) is 2.50. The van der Waals surface area contributed by atoms with E-state index in [1.54, 1.807) is 11.1 Å². The Morgan fingerprint density at radius 1 is 0.625 bits per heavy atom. The first-order valence-electron chi connectivity index (χ1n) is 9.09. The van der Waals surface area contributed by atoms with Crippen LogP contribution in [0.2, 0.25) is 0 Å². The van der Waals surface area contributed by atoms with Gasteiger partial charge < -0.3 is 0 Å². The van der Waals surface area contributed by atoms with E-state index in [2.05, 4.69) is 93.7 Å². The summed E-state index contributed by atoms with van der Waals surface area (Å²) in [4.78, 5) is 0. The number of halogens is 2. The fraction of sp³-hybridized carbons (Fsp3) is 0.455. The van der Waals surface area contributed by atoms with Gasteiger partial charge in [-0.05, 0) is 142 Å². The van der Waals surface area contributed by atoms with E-state index in [9.17, 15) is 0 Å². The number of hydrogen-bond donors (Lipinski definition) is 0. The zero-order chi connectivity index (χ0) is 16.4. The first-order chi connectivity index (χ1) is 11.6. The molecule has 0 heterocycles. The first-order valence-corrected chi connectivity index (χ1v) is 11.2. The van der Waals surface area contributed by atoms with Gasteiger partial charge in [0.05, 0.1) is 0 Å². The second-order valence-electron chi connectivity index (χ2n) is 8.54. The summed E-state index contributed by atoms with van der Waals surface area (Å²) >= 11 is 4.86. The monoisotopic (exact) mass is 540 g/mol. The molecule has 0 aliphatic heterocycles. The highest BCUT2D eigenvalue weighted by Gasteiger charge is 2.58. The number of rotatable bonds is 2. The van der Waals surface area contributed by atoms with Crippen LogP contribution in [0.25, 0.3) is 0 Å². The second kappa shape index (κ2) is 5.70. The molecule has 0 atom stereocenters. The Kier molecular flexibility index (Phi) is 3.82. The van der Waals surface area contributed by atoms with Crippen LogP contribution in [0.1, 0.15) is 49.7 Å². The van der Waals surface area contributed by atoms with Crippen molar-refractivity contribution in [3.8, 4) is 0 Å². The van der Waals surface area contributed by atoms with Crippen molar-refractivity contribution in [1.82, 2.24) is 0 Å². The van der Waals surface area contributed by atoms with E-state index in [4.69, 9.17) is 0 Å². The van der Waals surface area contributed by atoms with E-state index in [1.165, 1.54) is 45.7 Å². The molecule has 2 aromatic rings. The van der Waals surface area contributed by atoms with E-state index >= 15 is 0 Å². The van der Waals surface area contributed by atoms with E-state index in [0.29, 0.717) is 10.8 Å². The van der Waals surface area contributed by atoms with Gasteiger partial charge in [0.1, 0.15) is 0 Å². The highest BCUT2D eigenvalue weighted by Crippen LogP contribution is 2.66. The predicted octanol–water partition coefficient (Wildman–Crippen LogP) is 6.69. The molecule has 0 N–H and O–H groups in total. The lowest BCUT2D eigenvalue weighted by Gasteiger charge is -2.62. The Morgan fingerprint density at radius 2 is 1.00 bits per heavy atom. The second-order valence-corrected chi connectivity index (χ2v) is 11.0. The molecule has 0 aromatic heterocycles. The molecule has 4 aliphatic carbocycles. The van der Waals surface area contributed by atoms with Crippen LogP contribution in [-0.2, 0) is 10.8 Å². The first kappa shape index (κ1) is 16.1. The largest absolute Gasteiger partial charge is 0.0574 e. The maximum atomic E-state index is 2.43. The minimum Gasteiger partial charge on any atom is -0.0574 e. The Balaban J connectivity index is 1.59. The lowest BCUT2D eigenvalue weighted by atomic mass is 9.42. The summed E-state index contributed by atoms with van der Waals surface area (Å²) in [7, 11) is 0. The highest BCUT2D eigenvalue weighted by molar-refractivity contribution is 14.1. The van der Waals surface area contributed by atoms with Gasteiger partial charge >= 0.3 is 0 Å². The van der Waals surface area contributed by atoms with E-state index in [1.807, 2.05) is 0 Å². The van der Waals surface area contributed by atoms with Crippen molar-refractivity contribution in [2.45, 2.75) is 49.4 Å². The zero-order valence-electron chi connectivity index (χ0n) is 13.8. The van der Waals surface area contributed by atoms with Crippen molar-refractivity contribution in [1.29, 1.82) is 0 Å². The molecule has 2 heteroatoms. The minimum absolute atomic E-state index is 0.442. The normalized spacial score (nSPS) is 36.9. The molecular weight excluding hydrogens is 518 g/mol. The molecule has 4 saturated carbocycles. The van der Waals surface area contributed by atoms with Gasteiger partial charge in [0, 0.05) is 7.14 Å². The SMILES string of the molecule is Ic1ccc(C23CC4CC(C2)CC(c2ccc(I)cc2)(C4)C3)cc1. The van der Waals surface area contributed by atoms with Crippen molar-refractivity contribution >= 4 is 45.2 Å². The molecule has 0 saturated heterocycles. The molecule has 4 fully saturated rings. The third-order valence-electron chi connectivity index (χ3n) is 6.97. The number of hydrogen-bond acceptors (Lipinski definition) is 0. The van der Waals surface area contributed by atoms with Crippen LogP contribution < -0.4 is 0 Å². The van der Waals surface area contributed by atoms with Gasteiger partial charge in [-0.15, -0.1) is 0 Å². The van der Waals surface area contributed by atoms with Gasteiger partial charge in [-0.2, -0.15) is 0 Å². The van der Waals surface area contributed by atoms with Crippen molar-refractivity contribution in [3.05, 3.63) is 66.8 Å². The fourth-order valence-corrected chi connectivity index (χ4v) is 7.26. The molecule has 0 amide bonds.